The van der Waals surface area contributed by atoms with E-state index >= 15 is 0 Å². The Balaban J connectivity index is 2.12. The number of amides is 3. The van der Waals surface area contributed by atoms with E-state index < -0.39 is 11.7 Å². The standard InChI is InChI=1S/C19H29N3O6/c1-5-26-14-6-8-15(9-7-14)27-13-17(24)21-11-10-20-16(23)12-22-18(25)28-19(2,3)4/h6-9H,5,10-13H2,1-4H3,(H,20,23)(H,21,24)(H,22,25). The lowest BCUT2D eigenvalue weighted by Crippen LogP contribution is -2.42. The number of ether oxygens (including phenoxy) is 3. The second-order valence-corrected chi connectivity index (χ2v) is 6.75. The lowest BCUT2D eigenvalue weighted by molar-refractivity contribution is -0.123. The van der Waals surface area contributed by atoms with Gasteiger partial charge in [-0.25, -0.2) is 4.79 Å². The molecule has 0 radical (unpaired) electrons. The predicted molar refractivity (Wildman–Crippen MR) is 103 cm³/mol. The molecule has 1 aromatic rings. The number of carbonyl (C=O) groups is 3. The van der Waals surface area contributed by atoms with E-state index in [2.05, 4.69) is 16.0 Å². The Hall–Kier alpha value is -2.97. The Morgan fingerprint density at radius 2 is 1.39 bits per heavy atom. The van der Waals surface area contributed by atoms with E-state index in [1.54, 1.807) is 45.0 Å². The van der Waals surface area contributed by atoms with Gasteiger partial charge >= 0.3 is 6.09 Å². The first-order chi connectivity index (χ1) is 13.2. The fourth-order valence-corrected chi connectivity index (χ4v) is 1.93. The van der Waals surface area contributed by atoms with Crippen LogP contribution < -0.4 is 25.4 Å². The van der Waals surface area contributed by atoms with Crippen LogP contribution in [0.3, 0.4) is 0 Å². The summed E-state index contributed by atoms with van der Waals surface area (Å²) in [6.45, 7) is 7.79. The van der Waals surface area contributed by atoms with Crippen molar-refractivity contribution in [3.8, 4) is 11.5 Å². The molecule has 9 heteroatoms. The van der Waals surface area contributed by atoms with Crippen LogP contribution in [-0.2, 0) is 14.3 Å². The summed E-state index contributed by atoms with van der Waals surface area (Å²) in [4.78, 5) is 34.8. The highest BCUT2D eigenvalue weighted by atomic mass is 16.6. The smallest absolute Gasteiger partial charge is 0.408 e. The van der Waals surface area contributed by atoms with Crippen molar-refractivity contribution in [1.29, 1.82) is 0 Å². The molecular formula is C19H29N3O6. The fourth-order valence-electron chi connectivity index (χ4n) is 1.93. The third-order valence-corrected chi connectivity index (χ3v) is 3.07. The molecule has 0 fully saturated rings. The zero-order chi connectivity index (χ0) is 21.0. The highest BCUT2D eigenvalue weighted by Crippen LogP contribution is 2.17. The normalized spacial score (nSPS) is 10.6. The maximum atomic E-state index is 11.7. The van der Waals surface area contributed by atoms with Crippen molar-refractivity contribution in [1.82, 2.24) is 16.0 Å². The maximum Gasteiger partial charge on any atom is 0.408 e. The molecule has 0 heterocycles. The van der Waals surface area contributed by atoms with E-state index in [0.29, 0.717) is 12.4 Å². The molecular weight excluding hydrogens is 366 g/mol. The van der Waals surface area contributed by atoms with Gasteiger partial charge in [-0.05, 0) is 52.0 Å². The molecule has 3 N–H and O–H groups in total. The van der Waals surface area contributed by atoms with E-state index in [0.717, 1.165) is 5.75 Å². The van der Waals surface area contributed by atoms with Crippen molar-refractivity contribution in [2.75, 3.05) is 32.8 Å². The van der Waals surface area contributed by atoms with Crippen LogP contribution >= 0.6 is 0 Å². The summed E-state index contributed by atoms with van der Waals surface area (Å²) in [5.41, 5.74) is -0.627. The summed E-state index contributed by atoms with van der Waals surface area (Å²) >= 11 is 0. The number of hydrogen-bond acceptors (Lipinski definition) is 6. The van der Waals surface area contributed by atoms with Crippen LogP contribution in [0.2, 0.25) is 0 Å². The fraction of sp³-hybridized carbons (Fsp3) is 0.526. The molecule has 0 aliphatic carbocycles. The van der Waals surface area contributed by atoms with Gasteiger partial charge in [0.25, 0.3) is 5.91 Å². The van der Waals surface area contributed by atoms with Crippen LogP contribution in [0.5, 0.6) is 11.5 Å². The molecule has 156 valence electrons. The second kappa shape index (κ2) is 11.7. The van der Waals surface area contributed by atoms with Gasteiger partial charge < -0.3 is 30.2 Å². The zero-order valence-electron chi connectivity index (χ0n) is 16.8. The maximum absolute atomic E-state index is 11.7. The minimum absolute atomic E-state index is 0.137. The molecule has 3 amide bonds. The van der Waals surface area contributed by atoms with Crippen molar-refractivity contribution in [3.63, 3.8) is 0 Å². The first kappa shape index (κ1) is 23.1. The molecule has 0 bridgehead atoms. The molecule has 0 saturated heterocycles. The van der Waals surface area contributed by atoms with E-state index in [-0.39, 0.29) is 38.1 Å². The highest BCUT2D eigenvalue weighted by Gasteiger charge is 2.16. The van der Waals surface area contributed by atoms with Gasteiger partial charge in [-0.2, -0.15) is 0 Å². The molecule has 1 rings (SSSR count). The van der Waals surface area contributed by atoms with Gasteiger partial charge in [-0.3, -0.25) is 9.59 Å². The SMILES string of the molecule is CCOc1ccc(OCC(=O)NCCNC(=O)CNC(=O)OC(C)(C)C)cc1. The number of rotatable bonds is 10. The molecule has 9 nitrogen and oxygen atoms in total. The van der Waals surface area contributed by atoms with Gasteiger partial charge in [0.1, 0.15) is 17.1 Å². The van der Waals surface area contributed by atoms with E-state index in [1.807, 2.05) is 6.92 Å². The summed E-state index contributed by atoms with van der Waals surface area (Å²) in [5, 5.41) is 7.54. The van der Waals surface area contributed by atoms with Crippen molar-refractivity contribution in [2.45, 2.75) is 33.3 Å². The molecule has 0 atom stereocenters. The Labute approximate surface area is 165 Å². The van der Waals surface area contributed by atoms with Crippen LogP contribution in [0.15, 0.2) is 24.3 Å². The summed E-state index contributed by atoms with van der Waals surface area (Å²) in [6.07, 6.45) is -0.664. The first-order valence-corrected chi connectivity index (χ1v) is 9.05. The van der Waals surface area contributed by atoms with Crippen molar-refractivity contribution >= 4 is 17.9 Å². The van der Waals surface area contributed by atoms with Crippen LogP contribution in [-0.4, -0.2) is 56.4 Å². The van der Waals surface area contributed by atoms with Gasteiger partial charge in [0.15, 0.2) is 6.61 Å². The Morgan fingerprint density at radius 1 is 0.857 bits per heavy atom. The molecule has 0 saturated carbocycles. The Morgan fingerprint density at radius 3 is 1.93 bits per heavy atom. The minimum Gasteiger partial charge on any atom is -0.494 e. The quantitative estimate of drug-likeness (QED) is 0.513. The monoisotopic (exact) mass is 395 g/mol. The topological polar surface area (TPSA) is 115 Å². The summed E-state index contributed by atoms with van der Waals surface area (Å²) in [6, 6.07) is 6.96. The zero-order valence-corrected chi connectivity index (χ0v) is 16.8. The Bertz CT molecular complexity index is 640. The van der Waals surface area contributed by atoms with Crippen LogP contribution in [0.25, 0.3) is 0 Å². The number of nitrogens with one attached hydrogen (secondary N) is 3. The second-order valence-electron chi connectivity index (χ2n) is 6.75. The van der Waals surface area contributed by atoms with Gasteiger partial charge in [0.05, 0.1) is 13.2 Å². The van der Waals surface area contributed by atoms with Gasteiger partial charge in [0.2, 0.25) is 5.91 Å². The predicted octanol–water partition coefficient (Wildman–Crippen LogP) is 1.22. The number of hydrogen-bond donors (Lipinski definition) is 3. The largest absolute Gasteiger partial charge is 0.494 e. The molecule has 0 aliphatic rings. The average molecular weight is 395 g/mol. The van der Waals surface area contributed by atoms with Crippen LogP contribution in [0.4, 0.5) is 4.79 Å². The molecule has 0 unspecified atom stereocenters. The van der Waals surface area contributed by atoms with E-state index in [9.17, 15) is 14.4 Å². The lowest BCUT2D eigenvalue weighted by atomic mass is 10.2. The average Bonchev–Trinajstić information content (AvgIpc) is 2.62. The third-order valence-electron chi connectivity index (χ3n) is 3.07. The van der Waals surface area contributed by atoms with Gasteiger partial charge in [-0.15, -0.1) is 0 Å². The molecule has 0 aliphatic heterocycles. The third kappa shape index (κ3) is 10.9. The Kier molecular flexibility index (Phi) is 9.63. The summed E-state index contributed by atoms with van der Waals surface area (Å²) < 4.78 is 15.7. The van der Waals surface area contributed by atoms with Crippen LogP contribution in [0.1, 0.15) is 27.7 Å². The first-order valence-electron chi connectivity index (χ1n) is 9.05. The van der Waals surface area contributed by atoms with Gasteiger partial charge in [0, 0.05) is 13.1 Å². The number of alkyl carbamates (subject to hydrolysis) is 1. The molecule has 1 aromatic carbocycles. The highest BCUT2D eigenvalue weighted by molar-refractivity contribution is 5.82. The van der Waals surface area contributed by atoms with Crippen molar-refractivity contribution in [2.24, 2.45) is 0 Å². The summed E-state index contributed by atoms with van der Waals surface area (Å²) in [5.74, 6) is 0.595. The van der Waals surface area contributed by atoms with Crippen molar-refractivity contribution in [3.05, 3.63) is 24.3 Å². The number of benzene rings is 1. The molecule has 28 heavy (non-hydrogen) atoms. The van der Waals surface area contributed by atoms with E-state index in [4.69, 9.17) is 14.2 Å². The molecule has 0 spiro atoms. The minimum atomic E-state index is -0.664. The van der Waals surface area contributed by atoms with Crippen molar-refractivity contribution < 1.29 is 28.6 Å². The van der Waals surface area contributed by atoms with E-state index in [1.165, 1.54) is 0 Å². The number of carbonyl (C=O) groups excluding carboxylic acids is 3. The molecule has 0 aromatic heterocycles. The van der Waals surface area contributed by atoms with Crippen LogP contribution in [0, 0.1) is 0 Å². The summed E-state index contributed by atoms with van der Waals surface area (Å²) in [7, 11) is 0. The van der Waals surface area contributed by atoms with Gasteiger partial charge in [-0.1, -0.05) is 0 Å². The lowest BCUT2D eigenvalue weighted by Gasteiger charge is -2.19.